The zero-order valence-electron chi connectivity index (χ0n) is 29.5. The van der Waals surface area contributed by atoms with Crippen molar-refractivity contribution in [3.63, 3.8) is 0 Å². The Morgan fingerprint density at radius 1 is 1.08 bits per heavy atom. The minimum atomic E-state index is -0.489. The molecule has 1 aromatic heterocycles. The van der Waals surface area contributed by atoms with Crippen LogP contribution in [-0.2, 0) is 4.79 Å². The van der Waals surface area contributed by atoms with E-state index in [1.54, 1.807) is 23.0 Å². The lowest BCUT2D eigenvalue weighted by Gasteiger charge is -2.54. The molecule has 266 valence electrons. The molecule has 3 aliphatic rings. The number of likely N-dealkylation sites (tertiary alicyclic amines) is 1. The molecule has 3 saturated heterocycles. The van der Waals surface area contributed by atoms with Crippen molar-refractivity contribution in [1.82, 2.24) is 24.1 Å². The summed E-state index contributed by atoms with van der Waals surface area (Å²) in [6, 6.07) is 11.9. The summed E-state index contributed by atoms with van der Waals surface area (Å²) < 4.78 is 23.2. The number of ether oxygens (including phenoxy) is 1. The van der Waals surface area contributed by atoms with Crippen LogP contribution in [0.5, 0.6) is 11.5 Å². The van der Waals surface area contributed by atoms with Gasteiger partial charge in [-0.15, -0.1) is 0 Å². The molecule has 12 heteroatoms. The lowest BCUT2D eigenvalue weighted by atomic mass is 9.72. The Labute approximate surface area is 299 Å². The Kier molecular flexibility index (Phi) is 11.1. The molecule has 0 radical (unpaired) electrons. The fourth-order valence-corrected chi connectivity index (χ4v) is 8.50. The number of amides is 2. The lowest BCUT2D eigenvalue weighted by Crippen LogP contribution is -2.60. The van der Waals surface area contributed by atoms with E-state index < -0.39 is 5.82 Å². The van der Waals surface area contributed by atoms with Crippen molar-refractivity contribution in [3.05, 3.63) is 79.0 Å². The van der Waals surface area contributed by atoms with Crippen LogP contribution in [-0.4, -0.2) is 93.8 Å². The van der Waals surface area contributed by atoms with E-state index in [4.69, 9.17) is 4.74 Å². The minimum absolute atomic E-state index is 0.0566. The van der Waals surface area contributed by atoms with Gasteiger partial charge in [0.2, 0.25) is 5.91 Å². The molecule has 3 aliphatic heterocycles. The standard InChI is InChI=1S/C38H48FN7O3S/c1-6-35(47)42-30-8-10-31(11-9-30)50-45-17-14-38(15-18-45)23-43(24-38)21-28-13-16-44(22-28)36-34(20-40-25-41-36)49-33-12-7-29(39)19-32(33)37(48)46(26(2)3)27(4)5/h6-12,19-20,25-28H,1,13-18,21-24H2,2-5H3,(H,42,47). The number of carbonyl (C=O) groups excluding carboxylic acids is 2. The Morgan fingerprint density at radius 3 is 2.48 bits per heavy atom. The van der Waals surface area contributed by atoms with Crippen LogP contribution in [0.1, 0.15) is 57.3 Å². The van der Waals surface area contributed by atoms with Crippen molar-refractivity contribution >= 4 is 35.3 Å². The molecule has 3 aromatic rings. The van der Waals surface area contributed by atoms with E-state index in [2.05, 4.69) is 48.1 Å². The van der Waals surface area contributed by atoms with Crippen molar-refractivity contribution in [2.45, 2.75) is 63.9 Å². The predicted octanol–water partition coefficient (Wildman–Crippen LogP) is 6.72. The number of hydrogen-bond donors (Lipinski definition) is 1. The molecule has 1 N–H and O–H groups in total. The summed E-state index contributed by atoms with van der Waals surface area (Å²) in [5, 5.41) is 2.79. The zero-order valence-corrected chi connectivity index (χ0v) is 30.3. The van der Waals surface area contributed by atoms with Gasteiger partial charge >= 0.3 is 0 Å². The van der Waals surface area contributed by atoms with Crippen LogP contribution >= 0.6 is 11.9 Å². The number of aromatic nitrogens is 2. The van der Waals surface area contributed by atoms with Gasteiger partial charge < -0.3 is 24.8 Å². The molecule has 1 spiro atoms. The molecule has 6 rings (SSSR count). The third-order valence-corrected chi connectivity index (χ3v) is 11.0. The van der Waals surface area contributed by atoms with Gasteiger partial charge in [0.05, 0.1) is 11.8 Å². The Hall–Kier alpha value is -4.00. The average molecular weight is 702 g/mol. The van der Waals surface area contributed by atoms with E-state index in [1.165, 1.54) is 48.3 Å². The van der Waals surface area contributed by atoms with Gasteiger partial charge in [-0.1, -0.05) is 6.58 Å². The van der Waals surface area contributed by atoms with E-state index in [9.17, 15) is 14.0 Å². The Bertz CT molecular complexity index is 1660. The number of halogens is 1. The fraction of sp³-hybridized carbons (Fsp3) is 0.474. The minimum Gasteiger partial charge on any atom is -0.451 e. The van der Waals surface area contributed by atoms with Crippen molar-refractivity contribution in [3.8, 4) is 11.5 Å². The first kappa shape index (κ1) is 35.8. The monoisotopic (exact) mass is 701 g/mol. The zero-order chi connectivity index (χ0) is 35.4. The summed E-state index contributed by atoms with van der Waals surface area (Å²) in [6.07, 6.45) is 7.87. The maximum absolute atomic E-state index is 14.4. The third kappa shape index (κ3) is 8.30. The average Bonchev–Trinajstić information content (AvgIpc) is 3.54. The van der Waals surface area contributed by atoms with Crippen molar-refractivity contribution in [1.29, 1.82) is 0 Å². The second-order valence-electron chi connectivity index (χ2n) is 14.4. The first-order chi connectivity index (χ1) is 24.0. The SMILES string of the molecule is C=CC(=O)Nc1ccc(SN2CCC3(CC2)CN(CC2CCN(c4ncncc4Oc4ccc(F)cc4C(=O)N(C(C)C)C(C)C)C2)C3)cc1. The summed E-state index contributed by atoms with van der Waals surface area (Å²) >= 11 is 1.79. The van der Waals surface area contributed by atoms with Crippen LogP contribution in [0.2, 0.25) is 0 Å². The lowest BCUT2D eigenvalue weighted by molar-refractivity contribution is -0.111. The first-order valence-corrected chi connectivity index (χ1v) is 18.3. The molecule has 3 fully saturated rings. The van der Waals surface area contributed by atoms with Crippen molar-refractivity contribution in [2.75, 3.05) is 56.0 Å². The summed E-state index contributed by atoms with van der Waals surface area (Å²) in [7, 11) is 0. The van der Waals surface area contributed by atoms with Crippen LogP contribution in [0.3, 0.4) is 0 Å². The molecule has 2 amide bonds. The van der Waals surface area contributed by atoms with Gasteiger partial charge in [-0.05, 0) is 119 Å². The Morgan fingerprint density at radius 2 is 1.80 bits per heavy atom. The number of nitrogens with zero attached hydrogens (tertiary/aromatic N) is 6. The summed E-state index contributed by atoms with van der Waals surface area (Å²) in [5.74, 6) is 0.979. The van der Waals surface area contributed by atoms with Gasteiger partial charge in [-0.3, -0.25) is 9.59 Å². The summed E-state index contributed by atoms with van der Waals surface area (Å²) in [4.78, 5) is 41.7. The van der Waals surface area contributed by atoms with E-state index in [0.29, 0.717) is 22.9 Å². The number of rotatable bonds is 12. The molecule has 0 bridgehead atoms. The highest BCUT2D eigenvalue weighted by molar-refractivity contribution is 7.97. The molecular formula is C38H48FN7O3S. The molecule has 1 atom stereocenters. The van der Waals surface area contributed by atoms with Gasteiger partial charge in [-0.2, -0.15) is 0 Å². The van der Waals surface area contributed by atoms with Crippen LogP contribution in [0, 0.1) is 17.2 Å². The maximum Gasteiger partial charge on any atom is 0.258 e. The largest absolute Gasteiger partial charge is 0.451 e. The van der Waals surface area contributed by atoms with E-state index >= 15 is 0 Å². The number of benzene rings is 2. The quantitative estimate of drug-likeness (QED) is 0.163. The Balaban J connectivity index is 1.00. The number of piperidine rings is 1. The highest BCUT2D eigenvalue weighted by Crippen LogP contribution is 2.43. The number of carbonyl (C=O) groups is 2. The molecular weight excluding hydrogens is 654 g/mol. The second kappa shape index (κ2) is 15.5. The molecule has 4 heterocycles. The highest BCUT2D eigenvalue weighted by atomic mass is 32.2. The van der Waals surface area contributed by atoms with Crippen molar-refractivity contribution in [2.24, 2.45) is 11.3 Å². The molecule has 10 nitrogen and oxygen atoms in total. The summed E-state index contributed by atoms with van der Waals surface area (Å²) in [5.41, 5.74) is 1.37. The maximum atomic E-state index is 14.4. The van der Waals surface area contributed by atoms with Gasteiger partial charge in [0.1, 0.15) is 17.9 Å². The van der Waals surface area contributed by atoms with Crippen LogP contribution in [0.25, 0.3) is 0 Å². The van der Waals surface area contributed by atoms with Gasteiger partial charge in [-0.25, -0.2) is 18.7 Å². The van der Waals surface area contributed by atoms with Crippen molar-refractivity contribution < 1.29 is 18.7 Å². The van der Waals surface area contributed by atoms with Gasteiger partial charge in [0.25, 0.3) is 5.91 Å². The third-order valence-electron chi connectivity index (χ3n) is 9.94. The molecule has 0 saturated carbocycles. The van der Waals surface area contributed by atoms with E-state index in [1.807, 2.05) is 39.8 Å². The first-order valence-electron chi connectivity index (χ1n) is 17.6. The number of anilines is 2. The predicted molar refractivity (Wildman–Crippen MR) is 196 cm³/mol. The number of hydrogen-bond acceptors (Lipinski definition) is 9. The molecule has 2 aromatic carbocycles. The van der Waals surface area contributed by atoms with Crippen LogP contribution in [0.4, 0.5) is 15.9 Å². The van der Waals surface area contributed by atoms with Crippen LogP contribution in [0.15, 0.2) is 72.5 Å². The highest BCUT2D eigenvalue weighted by Gasteiger charge is 2.45. The van der Waals surface area contributed by atoms with Gasteiger partial charge in [0, 0.05) is 68.5 Å². The van der Waals surface area contributed by atoms with Gasteiger partial charge in [0.15, 0.2) is 11.6 Å². The second-order valence-corrected chi connectivity index (χ2v) is 15.5. The molecule has 0 aliphatic carbocycles. The van der Waals surface area contributed by atoms with E-state index in [0.717, 1.165) is 57.9 Å². The summed E-state index contributed by atoms with van der Waals surface area (Å²) in [6.45, 7) is 18.5. The van der Waals surface area contributed by atoms with E-state index in [-0.39, 0.29) is 35.2 Å². The normalized spacial score (nSPS) is 19.1. The topological polar surface area (TPSA) is 94.1 Å². The smallest absolute Gasteiger partial charge is 0.258 e. The van der Waals surface area contributed by atoms with Crippen LogP contribution < -0.4 is 15.0 Å². The molecule has 1 unspecified atom stereocenters. The molecule has 50 heavy (non-hydrogen) atoms. The fourth-order valence-electron chi connectivity index (χ4n) is 7.58. The number of nitrogens with one attached hydrogen (secondary N) is 1.